The molecule has 0 unspecified atom stereocenters. The summed E-state index contributed by atoms with van der Waals surface area (Å²) in [6.45, 7) is 4.81. The molecule has 0 aliphatic carbocycles. The molecule has 0 amide bonds. The molecule has 2 heteroatoms. The van der Waals surface area contributed by atoms with Gasteiger partial charge < -0.3 is 10.6 Å². The highest BCUT2D eigenvalue weighted by Gasteiger charge is 2.01. The zero-order chi connectivity index (χ0) is 14.9. The Kier molecular flexibility index (Phi) is 5.89. The van der Waals surface area contributed by atoms with Crippen molar-refractivity contribution >= 4 is 17.5 Å². The van der Waals surface area contributed by atoms with E-state index in [2.05, 4.69) is 65.7 Å². The molecule has 21 heavy (non-hydrogen) atoms. The van der Waals surface area contributed by atoms with Gasteiger partial charge in [0.05, 0.1) is 11.4 Å². The average Bonchev–Trinajstić information content (AvgIpc) is 2.55. The van der Waals surface area contributed by atoms with Crippen molar-refractivity contribution < 1.29 is 0 Å². The maximum Gasteiger partial charge on any atom is 0.0581 e. The SMILES string of the molecule is C=Cc1ccc(NC)c(NCCCCc2ccccc2)c1. The maximum absolute atomic E-state index is 3.82. The summed E-state index contributed by atoms with van der Waals surface area (Å²) in [7, 11) is 1.95. The van der Waals surface area contributed by atoms with Crippen LogP contribution in [0.15, 0.2) is 55.1 Å². The van der Waals surface area contributed by atoms with Gasteiger partial charge in [0.15, 0.2) is 0 Å². The molecule has 0 aliphatic heterocycles. The lowest BCUT2D eigenvalue weighted by molar-refractivity contribution is 0.763. The third-order valence-electron chi connectivity index (χ3n) is 3.60. The van der Waals surface area contributed by atoms with E-state index in [1.807, 2.05) is 13.1 Å². The van der Waals surface area contributed by atoms with Gasteiger partial charge in [-0.2, -0.15) is 0 Å². The highest BCUT2D eigenvalue weighted by Crippen LogP contribution is 2.23. The molecule has 0 bridgehead atoms. The van der Waals surface area contributed by atoms with Crippen molar-refractivity contribution in [3.63, 3.8) is 0 Å². The molecule has 0 atom stereocenters. The fourth-order valence-electron chi connectivity index (χ4n) is 2.37. The quantitative estimate of drug-likeness (QED) is 0.678. The highest BCUT2D eigenvalue weighted by atomic mass is 14.9. The summed E-state index contributed by atoms with van der Waals surface area (Å²) in [6, 6.07) is 17.0. The van der Waals surface area contributed by atoms with Gasteiger partial charge >= 0.3 is 0 Å². The molecule has 0 saturated carbocycles. The van der Waals surface area contributed by atoms with E-state index in [0.29, 0.717) is 0 Å². The molecule has 0 fully saturated rings. The van der Waals surface area contributed by atoms with Gasteiger partial charge in [-0.15, -0.1) is 0 Å². The number of nitrogens with one attached hydrogen (secondary N) is 2. The molecule has 2 N–H and O–H groups in total. The molecule has 2 aromatic rings. The molecule has 2 aromatic carbocycles. The Labute approximate surface area is 127 Å². The first-order valence-electron chi connectivity index (χ1n) is 7.55. The van der Waals surface area contributed by atoms with Gasteiger partial charge in [0.2, 0.25) is 0 Å². The largest absolute Gasteiger partial charge is 0.386 e. The van der Waals surface area contributed by atoms with Gasteiger partial charge in [-0.05, 0) is 42.5 Å². The zero-order valence-corrected chi connectivity index (χ0v) is 12.7. The second-order valence-electron chi connectivity index (χ2n) is 5.13. The average molecular weight is 280 g/mol. The van der Waals surface area contributed by atoms with Gasteiger partial charge in [-0.3, -0.25) is 0 Å². The summed E-state index contributed by atoms with van der Waals surface area (Å²) >= 11 is 0. The topological polar surface area (TPSA) is 24.1 Å². The zero-order valence-electron chi connectivity index (χ0n) is 12.7. The van der Waals surface area contributed by atoms with Crippen molar-refractivity contribution in [2.24, 2.45) is 0 Å². The van der Waals surface area contributed by atoms with E-state index in [1.54, 1.807) is 0 Å². The minimum atomic E-state index is 0.988. The molecule has 0 radical (unpaired) electrons. The van der Waals surface area contributed by atoms with Crippen molar-refractivity contribution in [1.82, 2.24) is 0 Å². The van der Waals surface area contributed by atoms with Crippen molar-refractivity contribution in [2.75, 3.05) is 24.2 Å². The monoisotopic (exact) mass is 280 g/mol. The molecule has 2 nitrogen and oxygen atoms in total. The summed E-state index contributed by atoms with van der Waals surface area (Å²) in [5.74, 6) is 0. The molecule has 0 spiro atoms. The van der Waals surface area contributed by atoms with E-state index < -0.39 is 0 Å². The van der Waals surface area contributed by atoms with Crippen molar-refractivity contribution in [3.8, 4) is 0 Å². The Balaban J connectivity index is 1.79. The van der Waals surface area contributed by atoms with Crippen LogP contribution in [0.2, 0.25) is 0 Å². The molecule has 0 heterocycles. The van der Waals surface area contributed by atoms with Gasteiger partial charge in [-0.1, -0.05) is 49.1 Å². The first-order valence-corrected chi connectivity index (χ1v) is 7.55. The smallest absolute Gasteiger partial charge is 0.0581 e. The number of hydrogen-bond acceptors (Lipinski definition) is 2. The number of anilines is 2. The fourth-order valence-corrected chi connectivity index (χ4v) is 2.37. The van der Waals surface area contributed by atoms with Crippen molar-refractivity contribution in [1.29, 1.82) is 0 Å². The second kappa shape index (κ2) is 8.15. The van der Waals surface area contributed by atoms with E-state index in [4.69, 9.17) is 0 Å². The summed E-state index contributed by atoms with van der Waals surface area (Å²) < 4.78 is 0. The molecule has 0 aromatic heterocycles. The van der Waals surface area contributed by atoms with E-state index in [1.165, 1.54) is 12.0 Å². The molecule has 2 rings (SSSR count). The Bertz CT molecular complexity index is 561. The summed E-state index contributed by atoms with van der Waals surface area (Å²) in [4.78, 5) is 0. The lowest BCUT2D eigenvalue weighted by Crippen LogP contribution is -2.05. The predicted molar refractivity (Wildman–Crippen MR) is 93.9 cm³/mol. The van der Waals surface area contributed by atoms with Crippen LogP contribution in [0.3, 0.4) is 0 Å². The molecular weight excluding hydrogens is 256 g/mol. The summed E-state index contributed by atoms with van der Waals surface area (Å²) in [5.41, 5.74) is 4.83. The Hall–Kier alpha value is -2.22. The molecule has 0 saturated heterocycles. The third kappa shape index (κ3) is 4.67. The molecule has 0 aliphatic rings. The number of hydrogen-bond donors (Lipinski definition) is 2. The van der Waals surface area contributed by atoms with Crippen molar-refractivity contribution in [3.05, 3.63) is 66.2 Å². The van der Waals surface area contributed by atoms with Gasteiger partial charge in [0, 0.05) is 13.6 Å². The standard InChI is InChI=1S/C19H24N2/c1-3-16-12-13-18(20-2)19(15-16)21-14-8-7-11-17-9-5-4-6-10-17/h3-6,9-10,12-13,15,20-21H,1,7-8,11,14H2,2H3. The predicted octanol–water partition coefficient (Wildman–Crippen LogP) is 4.81. The van der Waals surface area contributed by atoms with E-state index in [9.17, 15) is 0 Å². The Morgan fingerprint density at radius 3 is 2.52 bits per heavy atom. The molecule has 110 valence electrons. The van der Waals surface area contributed by atoms with E-state index >= 15 is 0 Å². The minimum absolute atomic E-state index is 0.988. The minimum Gasteiger partial charge on any atom is -0.386 e. The van der Waals surface area contributed by atoms with Gasteiger partial charge in [0.25, 0.3) is 0 Å². The lowest BCUT2D eigenvalue weighted by Gasteiger charge is -2.12. The lowest BCUT2D eigenvalue weighted by atomic mass is 10.1. The number of benzene rings is 2. The van der Waals surface area contributed by atoms with E-state index in [-0.39, 0.29) is 0 Å². The van der Waals surface area contributed by atoms with Crippen LogP contribution in [0.25, 0.3) is 6.08 Å². The maximum atomic E-state index is 3.82. The van der Waals surface area contributed by atoms with Crippen LogP contribution in [-0.2, 0) is 6.42 Å². The normalized spacial score (nSPS) is 10.1. The third-order valence-corrected chi connectivity index (χ3v) is 3.60. The highest BCUT2D eigenvalue weighted by molar-refractivity contribution is 5.72. The van der Waals surface area contributed by atoms with Crippen molar-refractivity contribution in [2.45, 2.75) is 19.3 Å². The summed E-state index contributed by atoms with van der Waals surface area (Å²) in [6.07, 6.45) is 5.39. The number of unbranched alkanes of at least 4 members (excludes halogenated alkanes) is 1. The van der Waals surface area contributed by atoms with Gasteiger partial charge in [0.1, 0.15) is 0 Å². The van der Waals surface area contributed by atoms with Crippen LogP contribution in [0, 0.1) is 0 Å². The van der Waals surface area contributed by atoms with Crippen LogP contribution in [0.5, 0.6) is 0 Å². The van der Waals surface area contributed by atoms with Crippen LogP contribution in [0.1, 0.15) is 24.0 Å². The first kappa shape index (κ1) is 15.2. The van der Waals surface area contributed by atoms with Gasteiger partial charge in [-0.25, -0.2) is 0 Å². The van der Waals surface area contributed by atoms with Crippen LogP contribution in [-0.4, -0.2) is 13.6 Å². The fraction of sp³-hybridized carbons (Fsp3) is 0.263. The van der Waals surface area contributed by atoms with Crippen LogP contribution >= 0.6 is 0 Å². The van der Waals surface area contributed by atoms with Crippen LogP contribution in [0.4, 0.5) is 11.4 Å². The Morgan fingerprint density at radius 1 is 1.00 bits per heavy atom. The van der Waals surface area contributed by atoms with E-state index in [0.717, 1.165) is 36.3 Å². The summed E-state index contributed by atoms with van der Waals surface area (Å²) in [5, 5.41) is 6.73. The Morgan fingerprint density at radius 2 is 1.81 bits per heavy atom. The van der Waals surface area contributed by atoms with Crippen LogP contribution < -0.4 is 10.6 Å². The molecular formula is C19H24N2. The first-order chi connectivity index (χ1) is 10.3. The second-order valence-corrected chi connectivity index (χ2v) is 5.13. The number of aryl methyl sites for hydroxylation is 1. The number of rotatable bonds is 8.